The summed E-state index contributed by atoms with van der Waals surface area (Å²) >= 11 is 0. The van der Waals surface area contributed by atoms with Gasteiger partial charge in [-0.25, -0.2) is 6.08 Å². The molecule has 0 atom stereocenters. The molecule has 0 heterocycles. The molecule has 2 aromatic carbocycles. The van der Waals surface area contributed by atoms with E-state index in [0.29, 0.717) is 0 Å². The zero-order chi connectivity index (χ0) is 12.5. The Balaban J connectivity index is 0. The number of allylic oxidation sites excluding steroid dienone is 1. The fraction of sp³-hybridized carbons (Fsp3) is 0. The zero-order valence-electron chi connectivity index (χ0n) is 10.6. The average Bonchev–Trinajstić information content (AvgIpc) is 2.41. The van der Waals surface area contributed by atoms with E-state index in [0.717, 1.165) is 23.0 Å². The van der Waals surface area contributed by atoms with Crippen molar-refractivity contribution in [2.24, 2.45) is 0 Å². The van der Waals surface area contributed by atoms with Gasteiger partial charge in [-0.1, -0.05) is 23.8 Å². The Labute approximate surface area is 165 Å². The smallest absolute Gasteiger partial charge is 0 e. The molecule has 92 valence electrons. The minimum absolute atomic E-state index is 0. The molecule has 0 unspecified atom stereocenters. The van der Waals surface area contributed by atoms with Crippen LogP contribution >= 0.6 is 0 Å². The van der Waals surface area contributed by atoms with E-state index in [1.54, 1.807) is 0 Å². The monoisotopic (exact) mass is 400 g/mol. The van der Waals surface area contributed by atoms with Crippen molar-refractivity contribution in [3.05, 3.63) is 67.3 Å². The molecule has 2 rings (SSSR count). The molecular weight excluding hydrogens is 386 g/mol. The molecule has 3 N–H and O–H groups in total. The van der Waals surface area contributed by atoms with Crippen molar-refractivity contribution in [3.8, 4) is 11.1 Å². The third kappa shape index (κ3) is 7.89. The van der Waals surface area contributed by atoms with Crippen LogP contribution in [0.25, 0.3) is 11.1 Å². The summed E-state index contributed by atoms with van der Waals surface area (Å²) in [6.07, 6.45) is 2.19. The minimum Gasteiger partial charge on any atom is -0.406 e. The van der Waals surface area contributed by atoms with Gasteiger partial charge in [0.25, 0.3) is 0 Å². The van der Waals surface area contributed by atoms with Crippen molar-refractivity contribution in [1.82, 2.24) is 0 Å². The first-order valence-corrected chi connectivity index (χ1v) is 5.15. The summed E-state index contributed by atoms with van der Waals surface area (Å²) in [6, 6.07) is 18.8. The Morgan fingerprint density at radius 1 is 1.05 bits per heavy atom. The molecule has 0 aliphatic carbocycles. The van der Waals surface area contributed by atoms with Gasteiger partial charge >= 0.3 is 0 Å². The van der Waals surface area contributed by atoms with Gasteiger partial charge in [-0.2, -0.15) is 0 Å². The second-order valence-electron chi connectivity index (χ2n) is 3.22. The van der Waals surface area contributed by atoms with Crippen molar-refractivity contribution >= 4 is 11.9 Å². The van der Waals surface area contributed by atoms with Crippen molar-refractivity contribution in [3.63, 3.8) is 0 Å². The van der Waals surface area contributed by atoms with Crippen molar-refractivity contribution in [1.29, 1.82) is 5.41 Å². The molecule has 0 spiro atoms. The van der Waals surface area contributed by atoms with E-state index in [2.05, 4.69) is 12.6 Å². The van der Waals surface area contributed by atoms with Gasteiger partial charge in [0.15, 0.2) is 0 Å². The van der Waals surface area contributed by atoms with Crippen LogP contribution in [0.15, 0.2) is 54.6 Å². The molecule has 0 aromatic heterocycles. The summed E-state index contributed by atoms with van der Waals surface area (Å²) in [5.74, 6) is 0. The van der Waals surface area contributed by atoms with Crippen LogP contribution in [0.4, 0.5) is 5.69 Å². The Bertz CT molecular complexity index is 479. The topological polar surface area (TPSA) is 49.9 Å². The molecule has 0 bridgehead atoms. The maximum absolute atomic E-state index is 6.15. The minimum atomic E-state index is 0. The average molecular weight is 400 g/mol. The number of nitrogen functional groups attached to an aromatic ring is 1. The van der Waals surface area contributed by atoms with Crippen LogP contribution < -0.4 is 5.73 Å². The van der Waals surface area contributed by atoms with Gasteiger partial charge in [0.2, 0.25) is 0 Å². The Morgan fingerprint density at radius 2 is 1.63 bits per heavy atom. The number of benzene rings is 2. The van der Waals surface area contributed by atoms with Gasteiger partial charge in [0.1, 0.15) is 0 Å². The summed E-state index contributed by atoms with van der Waals surface area (Å²) in [5, 5.41) is 6.15. The van der Waals surface area contributed by atoms with Crippen LogP contribution in [-0.2, 0) is 65.4 Å². The number of hydrogen-bond acceptors (Lipinski definition) is 2. The third-order valence-electron chi connectivity index (χ3n) is 2.06. The fourth-order valence-corrected chi connectivity index (χ4v) is 1.30. The van der Waals surface area contributed by atoms with Crippen molar-refractivity contribution in [2.75, 3.05) is 5.73 Å². The standard InChI is InChI=1S/C12H10N.C3H4N.2Y/c13-12-9-5-4-8-11(12)10-6-2-1-3-7-10;1-2-3-4;;/h1-6,8-9H,13H2;1-4H;;/q2*-1;;. The molecule has 2 aromatic rings. The van der Waals surface area contributed by atoms with E-state index in [4.69, 9.17) is 11.1 Å². The zero-order valence-corrected chi connectivity index (χ0v) is 16.3. The summed E-state index contributed by atoms with van der Waals surface area (Å²) in [7, 11) is 0. The van der Waals surface area contributed by atoms with Crippen LogP contribution in [-0.4, -0.2) is 6.21 Å². The van der Waals surface area contributed by atoms with E-state index < -0.39 is 0 Å². The van der Waals surface area contributed by atoms with Gasteiger partial charge in [-0.15, -0.1) is 42.1 Å². The maximum atomic E-state index is 6.15. The van der Waals surface area contributed by atoms with Gasteiger partial charge in [0, 0.05) is 65.4 Å². The van der Waals surface area contributed by atoms with Gasteiger partial charge < -0.3 is 11.1 Å². The Kier molecular flexibility index (Phi) is 14.3. The number of anilines is 1. The number of rotatable bonds is 2. The number of hydrogen-bond donors (Lipinski definition) is 2. The normalized spacial score (nSPS) is 7.79. The first-order chi connectivity index (χ1) is 8.29. The van der Waals surface area contributed by atoms with E-state index in [-0.39, 0.29) is 65.4 Å². The van der Waals surface area contributed by atoms with E-state index in [9.17, 15) is 0 Å². The Hall–Kier alpha value is -0.142. The molecule has 0 aliphatic rings. The molecule has 2 nitrogen and oxygen atoms in total. The maximum Gasteiger partial charge on any atom is 0 e. The van der Waals surface area contributed by atoms with Gasteiger partial charge in [-0.3, -0.25) is 6.58 Å². The van der Waals surface area contributed by atoms with E-state index in [1.807, 2.05) is 48.5 Å². The van der Waals surface area contributed by atoms with E-state index >= 15 is 0 Å². The van der Waals surface area contributed by atoms with Crippen molar-refractivity contribution in [2.45, 2.75) is 0 Å². The summed E-state index contributed by atoms with van der Waals surface area (Å²) < 4.78 is 0. The van der Waals surface area contributed by atoms with Crippen LogP contribution in [0, 0.1) is 18.1 Å². The fourth-order valence-electron chi connectivity index (χ4n) is 1.30. The van der Waals surface area contributed by atoms with Crippen LogP contribution in [0.5, 0.6) is 0 Å². The number of nitrogens with one attached hydrogen (secondary N) is 1. The second kappa shape index (κ2) is 12.9. The summed E-state index contributed by atoms with van der Waals surface area (Å²) in [4.78, 5) is 0. The molecular formula is C15H14N2Y2-2. The molecule has 0 aliphatic heterocycles. The molecule has 0 fully saturated rings. The first-order valence-electron chi connectivity index (χ1n) is 5.15. The molecule has 19 heavy (non-hydrogen) atoms. The molecule has 4 heteroatoms. The Morgan fingerprint density at radius 3 is 2.11 bits per heavy atom. The molecule has 0 amide bonds. The first kappa shape index (κ1) is 21.2. The number of nitrogens with two attached hydrogens (primary N) is 1. The van der Waals surface area contributed by atoms with Crippen LogP contribution in [0.1, 0.15) is 0 Å². The molecule has 0 saturated heterocycles. The molecule has 0 saturated carbocycles. The quantitative estimate of drug-likeness (QED) is 0.454. The predicted octanol–water partition coefficient (Wildman–Crippen LogP) is 3.36. The summed E-state index contributed by atoms with van der Waals surface area (Å²) in [5.41, 5.74) is 8.72. The van der Waals surface area contributed by atoms with Crippen LogP contribution in [0.2, 0.25) is 0 Å². The predicted molar refractivity (Wildman–Crippen MR) is 72.8 cm³/mol. The third-order valence-corrected chi connectivity index (χ3v) is 2.06. The SMILES string of the molecule is Nc1ccccc1-c1[c-]cccc1.[CH-]=CC=N.[Y].[Y]. The van der Waals surface area contributed by atoms with Crippen LogP contribution in [0.3, 0.4) is 0 Å². The van der Waals surface area contributed by atoms with Gasteiger partial charge in [0.05, 0.1) is 0 Å². The number of para-hydroxylation sites is 1. The largest absolute Gasteiger partial charge is 0.406 e. The second-order valence-corrected chi connectivity index (χ2v) is 3.22. The molecule has 2 radical (unpaired) electrons. The van der Waals surface area contributed by atoms with Crippen molar-refractivity contribution < 1.29 is 65.4 Å². The van der Waals surface area contributed by atoms with E-state index in [1.165, 1.54) is 6.08 Å². The van der Waals surface area contributed by atoms with Gasteiger partial charge in [-0.05, 0) is 11.8 Å². The summed E-state index contributed by atoms with van der Waals surface area (Å²) in [6.45, 7) is 4.66.